The normalized spacial score (nSPS) is 18.5. The number of carbonyl (C=O) groups excluding carboxylic acids is 1. The molecule has 0 bridgehead atoms. The first-order valence-corrected chi connectivity index (χ1v) is 10.5. The van der Waals surface area contributed by atoms with Crippen molar-refractivity contribution in [1.82, 2.24) is 19.9 Å². The van der Waals surface area contributed by atoms with Gasteiger partial charge in [0.15, 0.2) is 23.1 Å². The van der Waals surface area contributed by atoms with E-state index in [1.807, 2.05) is 6.07 Å². The Kier molecular flexibility index (Phi) is 5.40. The molecule has 2 aliphatic heterocycles. The molecule has 0 N–H and O–H groups in total. The average molecular weight is 433 g/mol. The molecule has 164 valence electrons. The Morgan fingerprint density at radius 3 is 2.38 bits per heavy atom. The van der Waals surface area contributed by atoms with E-state index in [9.17, 15) is 4.79 Å². The number of anilines is 1. The fourth-order valence-electron chi connectivity index (χ4n) is 4.47. The van der Waals surface area contributed by atoms with Crippen LogP contribution in [0.25, 0.3) is 11.6 Å². The number of hydrogen-bond donors (Lipinski definition) is 0. The highest BCUT2D eigenvalue weighted by atomic mass is 16.5. The predicted molar refractivity (Wildman–Crippen MR) is 116 cm³/mol. The average Bonchev–Trinajstić information content (AvgIpc) is 3.15. The molecular formula is C23H23N5O4. The highest BCUT2D eigenvalue weighted by molar-refractivity contribution is 6.11. The zero-order valence-corrected chi connectivity index (χ0v) is 17.9. The summed E-state index contributed by atoms with van der Waals surface area (Å²) in [5.41, 5.74) is 1.51. The summed E-state index contributed by atoms with van der Waals surface area (Å²) in [5, 5.41) is 0. The van der Waals surface area contributed by atoms with Crippen molar-refractivity contribution in [1.29, 1.82) is 0 Å². The van der Waals surface area contributed by atoms with Crippen LogP contribution in [0.1, 0.15) is 34.8 Å². The number of amides is 1. The first-order valence-electron chi connectivity index (χ1n) is 10.5. The summed E-state index contributed by atoms with van der Waals surface area (Å²) in [6.07, 6.45) is 6.60. The lowest BCUT2D eigenvalue weighted by atomic mass is 9.86. The maximum atomic E-state index is 13.7. The SMILES string of the molecule is COc1cc2c(cc1OC)C(C1CCOCC1)N(c1ccnc(-c3ncccn3)n1)C2=O. The van der Waals surface area contributed by atoms with E-state index in [-0.39, 0.29) is 17.9 Å². The molecule has 1 aromatic carbocycles. The van der Waals surface area contributed by atoms with Crippen LogP contribution in [0.4, 0.5) is 5.82 Å². The second-order valence-corrected chi connectivity index (χ2v) is 7.68. The van der Waals surface area contributed by atoms with E-state index in [4.69, 9.17) is 14.2 Å². The van der Waals surface area contributed by atoms with Crippen LogP contribution >= 0.6 is 0 Å². The Balaban J connectivity index is 1.63. The molecule has 2 aliphatic rings. The number of aromatic nitrogens is 4. The minimum absolute atomic E-state index is 0.129. The van der Waals surface area contributed by atoms with Crippen molar-refractivity contribution in [3.05, 3.63) is 54.0 Å². The van der Waals surface area contributed by atoms with Crippen LogP contribution < -0.4 is 14.4 Å². The van der Waals surface area contributed by atoms with Crippen LogP contribution in [-0.2, 0) is 4.74 Å². The zero-order chi connectivity index (χ0) is 22.1. The molecular weight excluding hydrogens is 410 g/mol. The first-order chi connectivity index (χ1) is 15.7. The summed E-state index contributed by atoms with van der Waals surface area (Å²) in [7, 11) is 3.16. The first kappa shape index (κ1) is 20.3. The monoisotopic (exact) mass is 433 g/mol. The molecule has 9 heteroatoms. The van der Waals surface area contributed by atoms with E-state index in [0.717, 1.165) is 18.4 Å². The van der Waals surface area contributed by atoms with Crippen LogP contribution in [0.15, 0.2) is 42.9 Å². The van der Waals surface area contributed by atoms with E-state index in [1.165, 1.54) is 0 Å². The van der Waals surface area contributed by atoms with Crippen molar-refractivity contribution in [2.45, 2.75) is 18.9 Å². The Hall–Kier alpha value is -3.59. The molecule has 0 spiro atoms. The lowest BCUT2D eigenvalue weighted by Crippen LogP contribution is -2.35. The van der Waals surface area contributed by atoms with Crippen molar-refractivity contribution in [2.75, 3.05) is 32.3 Å². The number of methoxy groups -OCH3 is 2. The Bertz CT molecular complexity index is 1130. The van der Waals surface area contributed by atoms with E-state index >= 15 is 0 Å². The molecule has 2 aromatic heterocycles. The summed E-state index contributed by atoms with van der Waals surface area (Å²) >= 11 is 0. The van der Waals surface area contributed by atoms with Gasteiger partial charge in [-0.2, -0.15) is 0 Å². The zero-order valence-electron chi connectivity index (χ0n) is 17.9. The molecule has 0 aliphatic carbocycles. The van der Waals surface area contributed by atoms with Crippen molar-refractivity contribution in [2.24, 2.45) is 5.92 Å². The lowest BCUT2D eigenvalue weighted by Gasteiger charge is -2.34. The van der Waals surface area contributed by atoms with Gasteiger partial charge in [-0.15, -0.1) is 0 Å². The minimum Gasteiger partial charge on any atom is -0.493 e. The number of hydrogen-bond acceptors (Lipinski definition) is 8. The highest BCUT2D eigenvalue weighted by Crippen LogP contribution is 2.47. The number of rotatable bonds is 5. The second kappa shape index (κ2) is 8.51. The highest BCUT2D eigenvalue weighted by Gasteiger charge is 2.44. The molecule has 0 saturated carbocycles. The van der Waals surface area contributed by atoms with Gasteiger partial charge in [0.1, 0.15) is 5.82 Å². The molecule has 9 nitrogen and oxygen atoms in total. The molecule has 1 amide bonds. The van der Waals surface area contributed by atoms with Gasteiger partial charge in [0.2, 0.25) is 0 Å². The summed E-state index contributed by atoms with van der Waals surface area (Å²) in [4.78, 5) is 32.9. The van der Waals surface area contributed by atoms with Gasteiger partial charge in [0.05, 0.1) is 20.3 Å². The van der Waals surface area contributed by atoms with Gasteiger partial charge >= 0.3 is 0 Å². The van der Waals surface area contributed by atoms with Gasteiger partial charge in [0.25, 0.3) is 5.91 Å². The Labute approximate surface area is 185 Å². The minimum atomic E-state index is -0.194. The molecule has 1 atom stereocenters. The van der Waals surface area contributed by atoms with Gasteiger partial charge < -0.3 is 14.2 Å². The third-order valence-corrected chi connectivity index (χ3v) is 5.97. The number of ether oxygens (including phenoxy) is 3. The molecule has 5 rings (SSSR count). The Morgan fingerprint density at radius 2 is 1.66 bits per heavy atom. The molecule has 1 saturated heterocycles. The van der Waals surface area contributed by atoms with Crippen LogP contribution in [0.3, 0.4) is 0 Å². The summed E-state index contributed by atoms with van der Waals surface area (Å²) in [5.74, 6) is 2.50. The molecule has 4 heterocycles. The smallest absolute Gasteiger partial charge is 0.260 e. The molecule has 3 aromatic rings. The van der Waals surface area contributed by atoms with Crippen molar-refractivity contribution >= 4 is 11.7 Å². The van der Waals surface area contributed by atoms with E-state index in [2.05, 4.69) is 19.9 Å². The van der Waals surface area contributed by atoms with Crippen LogP contribution in [-0.4, -0.2) is 53.3 Å². The second-order valence-electron chi connectivity index (χ2n) is 7.68. The maximum Gasteiger partial charge on any atom is 0.260 e. The Morgan fingerprint density at radius 1 is 0.969 bits per heavy atom. The van der Waals surface area contributed by atoms with Crippen molar-refractivity contribution < 1.29 is 19.0 Å². The molecule has 32 heavy (non-hydrogen) atoms. The topological polar surface area (TPSA) is 99.6 Å². The third kappa shape index (κ3) is 3.44. The number of fused-ring (bicyclic) bond motifs is 1. The van der Waals surface area contributed by atoms with E-state index < -0.39 is 0 Å². The predicted octanol–water partition coefficient (Wildman–Crippen LogP) is 3.08. The summed E-state index contributed by atoms with van der Waals surface area (Å²) < 4.78 is 16.6. The van der Waals surface area contributed by atoms with Crippen molar-refractivity contribution in [3.8, 4) is 23.1 Å². The van der Waals surface area contributed by atoms with Gasteiger partial charge in [-0.3, -0.25) is 9.69 Å². The van der Waals surface area contributed by atoms with Gasteiger partial charge in [0, 0.05) is 37.4 Å². The summed E-state index contributed by atoms with van der Waals surface area (Å²) in [6.45, 7) is 1.33. The maximum absolute atomic E-state index is 13.7. The number of nitrogens with zero attached hydrogens (tertiary/aromatic N) is 5. The van der Waals surface area contributed by atoms with Crippen LogP contribution in [0, 0.1) is 5.92 Å². The fourth-order valence-corrected chi connectivity index (χ4v) is 4.47. The number of benzene rings is 1. The number of carbonyl (C=O) groups is 1. The van der Waals surface area contributed by atoms with Crippen molar-refractivity contribution in [3.63, 3.8) is 0 Å². The standard InChI is InChI=1S/C23H23N5O4/c1-30-17-12-15-16(13-18(17)31-2)23(29)28(20(15)14-5-10-32-11-6-14)19-4-9-26-22(27-19)21-24-7-3-8-25-21/h3-4,7-9,12-14,20H,5-6,10-11H2,1-2H3. The summed E-state index contributed by atoms with van der Waals surface area (Å²) in [6, 6.07) is 6.95. The quantitative estimate of drug-likeness (QED) is 0.605. The van der Waals surface area contributed by atoms with E-state index in [0.29, 0.717) is 47.7 Å². The van der Waals surface area contributed by atoms with Gasteiger partial charge in [-0.05, 0) is 48.6 Å². The van der Waals surface area contributed by atoms with Gasteiger partial charge in [-0.25, -0.2) is 19.9 Å². The molecule has 0 radical (unpaired) electrons. The molecule has 1 fully saturated rings. The molecule has 1 unspecified atom stereocenters. The largest absolute Gasteiger partial charge is 0.493 e. The van der Waals surface area contributed by atoms with Crippen LogP contribution in [0.5, 0.6) is 11.5 Å². The lowest BCUT2D eigenvalue weighted by molar-refractivity contribution is 0.0571. The van der Waals surface area contributed by atoms with E-state index in [1.54, 1.807) is 55.9 Å². The van der Waals surface area contributed by atoms with Crippen LogP contribution in [0.2, 0.25) is 0 Å². The third-order valence-electron chi connectivity index (χ3n) is 5.97. The van der Waals surface area contributed by atoms with Gasteiger partial charge in [-0.1, -0.05) is 0 Å². The fraction of sp³-hybridized carbons (Fsp3) is 0.348.